The number of benzene rings is 1. The molecule has 0 bridgehead atoms. The lowest BCUT2D eigenvalue weighted by atomic mass is 10.1. The number of hydrogen-bond acceptors (Lipinski definition) is 2. The van der Waals surface area contributed by atoms with E-state index in [-0.39, 0.29) is 17.3 Å². The molecule has 1 saturated heterocycles. The van der Waals surface area contributed by atoms with Gasteiger partial charge in [-0.25, -0.2) is 8.78 Å². The summed E-state index contributed by atoms with van der Waals surface area (Å²) in [6, 6.07) is 2.24. The first kappa shape index (κ1) is 14.1. The van der Waals surface area contributed by atoms with Gasteiger partial charge in [0.25, 0.3) is 0 Å². The summed E-state index contributed by atoms with van der Waals surface area (Å²) < 4.78 is 28.0. The normalized spacial score (nSPS) is 15.4. The van der Waals surface area contributed by atoms with E-state index in [0.29, 0.717) is 13.1 Å². The molecule has 1 aromatic carbocycles. The van der Waals surface area contributed by atoms with Gasteiger partial charge in [0.05, 0.1) is 0 Å². The summed E-state index contributed by atoms with van der Waals surface area (Å²) in [5.74, 6) is -2.07. The maximum Gasteiger partial charge on any atom is 0.239 e. The van der Waals surface area contributed by atoms with Crippen LogP contribution in [0.25, 0.3) is 0 Å². The number of alkyl halides is 1. The van der Waals surface area contributed by atoms with Crippen LogP contribution in [0.5, 0.6) is 0 Å². The van der Waals surface area contributed by atoms with Gasteiger partial charge in [-0.3, -0.25) is 4.79 Å². The topological polar surface area (TPSA) is 32.3 Å². The van der Waals surface area contributed by atoms with Crippen molar-refractivity contribution in [2.75, 3.05) is 29.2 Å². The Hall–Kier alpha value is -1.36. The predicted molar refractivity (Wildman–Crippen MR) is 71.8 cm³/mol. The first-order chi connectivity index (χ1) is 9.11. The number of halogens is 3. The molecule has 0 saturated carbocycles. The van der Waals surface area contributed by atoms with Gasteiger partial charge in [0.15, 0.2) is 11.6 Å². The van der Waals surface area contributed by atoms with Crippen LogP contribution in [-0.4, -0.2) is 24.9 Å². The average molecular weight is 289 g/mol. The SMILES string of the molecule is O=C(CCl)Nc1cc(F)c(N2CCCCC2)c(F)c1. The number of carbonyl (C=O) groups excluding carboxylic acids is 1. The van der Waals surface area contributed by atoms with Gasteiger partial charge in [0.1, 0.15) is 11.6 Å². The number of rotatable bonds is 3. The van der Waals surface area contributed by atoms with E-state index < -0.39 is 17.5 Å². The van der Waals surface area contributed by atoms with Crippen LogP contribution in [0.3, 0.4) is 0 Å². The van der Waals surface area contributed by atoms with Crippen LogP contribution in [-0.2, 0) is 4.79 Å². The molecule has 1 aliphatic heterocycles. The molecule has 1 heterocycles. The number of anilines is 2. The molecule has 0 radical (unpaired) electrons. The zero-order valence-electron chi connectivity index (χ0n) is 10.4. The Labute approximate surface area is 115 Å². The molecule has 6 heteroatoms. The molecule has 1 aromatic rings. The number of piperidine rings is 1. The zero-order chi connectivity index (χ0) is 13.8. The van der Waals surface area contributed by atoms with E-state index in [1.54, 1.807) is 4.90 Å². The molecule has 1 amide bonds. The zero-order valence-corrected chi connectivity index (χ0v) is 11.1. The van der Waals surface area contributed by atoms with E-state index in [0.717, 1.165) is 31.4 Å². The van der Waals surface area contributed by atoms with Crippen LogP contribution in [0.2, 0.25) is 0 Å². The molecular formula is C13H15ClF2N2O. The summed E-state index contributed by atoms with van der Waals surface area (Å²) in [6.45, 7) is 1.31. The molecule has 0 atom stereocenters. The van der Waals surface area contributed by atoms with Gasteiger partial charge in [-0.2, -0.15) is 0 Å². The number of nitrogens with one attached hydrogen (secondary N) is 1. The van der Waals surface area contributed by atoms with Crippen LogP contribution in [0.1, 0.15) is 19.3 Å². The Kier molecular flexibility index (Phi) is 4.58. The summed E-state index contributed by atoms with van der Waals surface area (Å²) >= 11 is 5.33. The van der Waals surface area contributed by atoms with Gasteiger partial charge in [0.2, 0.25) is 5.91 Å². The highest BCUT2D eigenvalue weighted by atomic mass is 35.5. The minimum Gasteiger partial charge on any atom is -0.367 e. The molecule has 1 N–H and O–H groups in total. The standard InChI is InChI=1S/C13H15ClF2N2O/c14-8-12(19)17-9-6-10(15)13(11(16)7-9)18-4-2-1-3-5-18/h6-7H,1-5,8H2,(H,17,19). The third-order valence-corrected chi connectivity index (χ3v) is 3.34. The van der Waals surface area contributed by atoms with E-state index in [9.17, 15) is 13.6 Å². The molecule has 19 heavy (non-hydrogen) atoms. The number of carbonyl (C=O) groups is 1. The highest BCUT2D eigenvalue weighted by molar-refractivity contribution is 6.29. The van der Waals surface area contributed by atoms with Crippen LogP contribution in [0, 0.1) is 11.6 Å². The summed E-state index contributed by atoms with van der Waals surface area (Å²) in [4.78, 5) is 12.8. The largest absolute Gasteiger partial charge is 0.367 e. The minimum atomic E-state index is -0.660. The van der Waals surface area contributed by atoms with E-state index in [1.807, 2.05) is 0 Å². The molecule has 104 valence electrons. The van der Waals surface area contributed by atoms with Crippen molar-refractivity contribution >= 4 is 28.9 Å². The molecule has 1 aliphatic rings. The minimum absolute atomic E-state index is 0.0106. The molecule has 0 aliphatic carbocycles. The Balaban J connectivity index is 2.23. The van der Waals surface area contributed by atoms with Crippen molar-refractivity contribution in [3.63, 3.8) is 0 Å². The average Bonchev–Trinajstić information content (AvgIpc) is 2.39. The fourth-order valence-corrected chi connectivity index (χ4v) is 2.32. The lowest BCUT2D eigenvalue weighted by Crippen LogP contribution is -2.31. The van der Waals surface area contributed by atoms with Crippen LogP contribution >= 0.6 is 11.6 Å². The third kappa shape index (κ3) is 3.35. The van der Waals surface area contributed by atoms with Crippen LogP contribution in [0.4, 0.5) is 20.2 Å². The monoisotopic (exact) mass is 288 g/mol. The molecular weight excluding hydrogens is 274 g/mol. The van der Waals surface area contributed by atoms with Crippen molar-refractivity contribution in [1.29, 1.82) is 0 Å². The van der Waals surface area contributed by atoms with E-state index in [1.165, 1.54) is 0 Å². The van der Waals surface area contributed by atoms with Gasteiger partial charge < -0.3 is 10.2 Å². The second kappa shape index (κ2) is 6.19. The lowest BCUT2D eigenvalue weighted by Gasteiger charge is -2.29. The predicted octanol–water partition coefficient (Wildman–Crippen LogP) is 3.13. The highest BCUT2D eigenvalue weighted by Gasteiger charge is 2.20. The first-order valence-corrected chi connectivity index (χ1v) is 6.75. The number of amides is 1. The van der Waals surface area contributed by atoms with Crippen LogP contribution in [0.15, 0.2) is 12.1 Å². The summed E-state index contributed by atoms with van der Waals surface area (Å²) in [6.07, 6.45) is 2.96. The summed E-state index contributed by atoms with van der Waals surface area (Å²) in [5.41, 5.74) is 0.0741. The Morgan fingerprint density at radius 3 is 2.32 bits per heavy atom. The van der Waals surface area contributed by atoms with Gasteiger partial charge in [-0.05, 0) is 31.4 Å². The second-order valence-electron chi connectivity index (χ2n) is 4.52. The highest BCUT2D eigenvalue weighted by Crippen LogP contribution is 2.29. The van der Waals surface area contributed by atoms with Gasteiger partial charge in [0, 0.05) is 18.8 Å². The summed E-state index contributed by atoms with van der Waals surface area (Å²) in [5, 5.41) is 2.33. The van der Waals surface area contributed by atoms with Crippen molar-refractivity contribution in [2.45, 2.75) is 19.3 Å². The Bertz CT molecular complexity index is 453. The summed E-state index contributed by atoms with van der Waals surface area (Å²) in [7, 11) is 0. The van der Waals surface area contributed by atoms with E-state index >= 15 is 0 Å². The quantitative estimate of drug-likeness (QED) is 0.867. The molecule has 2 rings (SSSR count). The van der Waals surface area contributed by atoms with Crippen molar-refractivity contribution < 1.29 is 13.6 Å². The number of hydrogen-bond donors (Lipinski definition) is 1. The smallest absolute Gasteiger partial charge is 0.239 e. The molecule has 0 unspecified atom stereocenters. The Morgan fingerprint density at radius 2 is 1.79 bits per heavy atom. The Morgan fingerprint density at radius 1 is 1.21 bits per heavy atom. The van der Waals surface area contributed by atoms with Gasteiger partial charge >= 0.3 is 0 Å². The lowest BCUT2D eigenvalue weighted by molar-refractivity contribution is -0.113. The maximum absolute atomic E-state index is 14.0. The maximum atomic E-state index is 14.0. The fraction of sp³-hybridized carbons (Fsp3) is 0.462. The molecule has 0 aromatic heterocycles. The second-order valence-corrected chi connectivity index (χ2v) is 4.79. The fourth-order valence-electron chi connectivity index (χ4n) is 2.25. The molecule has 0 spiro atoms. The van der Waals surface area contributed by atoms with E-state index in [2.05, 4.69) is 5.32 Å². The number of nitrogens with zero attached hydrogens (tertiary/aromatic N) is 1. The van der Waals surface area contributed by atoms with Crippen molar-refractivity contribution in [2.24, 2.45) is 0 Å². The van der Waals surface area contributed by atoms with Crippen LogP contribution < -0.4 is 10.2 Å². The van der Waals surface area contributed by atoms with Gasteiger partial charge in [-0.1, -0.05) is 0 Å². The molecule has 3 nitrogen and oxygen atoms in total. The van der Waals surface area contributed by atoms with Crippen molar-refractivity contribution in [3.8, 4) is 0 Å². The van der Waals surface area contributed by atoms with Crippen molar-refractivity contribution in [3.05, 3.63) is 23.8 Å². The first-order valence-electron chi connectivity index (χ1n) is 6.21. The van der Waals surface area contributed by atoms with Crippen molar-refractivity contribution in [1.82, 2.24) is 0 Å². The van der Waals surface area contributed by atoms with Gasteiger partial charge in [-0.15, -0.1) is 11.6 Å². The van der Waals surface area contributed by atoms with E-state index in [4.69, 9.17) is 11.6 Å². The molecule has 1 fully saturated rings. The third-order valence-electron chi connectivity index (χ3n) is 3.09.